The van der Waals surface area contributed by atoms with Gasteiger partial charge in [0.25, 0.3) is 0 Å². The lowest BCUT2D eigenvalue weighted by Crippen LogP contribution is -2.34. The molecule has 1 aromatic rings. The van der Waals surface area contributed by atoms with E-state index in [1.165, 1.54) is 31.4 Å². The van der Waals surface area contributed by atoms with Gasteiger partial charge in [0.05, 0.1) is 12.5 Å². The molecule has 0 saturated heterocycles. The van der Waals surface area contributed by atoms with E-state index >= 15 is 0 Å². The van der Waals surface area contributed by atoms with Crippen LogP contribution in [-0.4, -0.2) is 19.4 Å². The third-order valence-electron chi connectivity index (χ3n) is 3.67. The molecular weight excluding hydrogens is 273 g/mol. The maximum Gasteiger partial charge on any atom is 0.573 e. The molecule has 1 fully saturated rings. The highest BCUT2D eigenvalue weighted by Crippen LogP contribution is 2.42. The Balaban J connectivity index is 2.25. The van der Waals surface area contributed by atoms with Crippen molar-refractivity contribution in [2.45, 2.75) is 37.5 Å². The molecule has 0 heterocycles. The normalized spacial score (nSPS) is 17.8. The molecule has 2 rings (SSSR count). The summed E-state index contributed by atoms with van der Waals surface area (Å²) in [6.07, 6.45) is -1.61. The number of carbonyl (C=O) groups is 1. The number of halogens is 3. The Morgan fingerprint density at radius 2 is 1.70 bits per heavy atom. The number of rotatable bonds is 3. The number of alkyl halides is 3. The minimum absolute atomic E-state index is 0.292. The summed E-state index contributed by atoms with van der Waals surface area (Å²) in [5.41, 5.74) is -0.0534. The second-order valence-electron chi connectivity index (χ2n) is 4.85. The average Bonchev–Trinajstić information content (AvgIpc) is 2.87. The Morgan fingerprint density at radius 1 is 1.15 bits per heavy atom. The van der Waals surface area contributed by atoms with Crippen molar-refractivity contribution in [1.29, 1.82) is 0 Å². The van der Waals surface area contributed by atoms with E-state index in [1.54, 1.807) is 0 Å². The van der Waals surface area contributed by atoms with E-state index in [2.05, 4.69) is 4.74 Å². The summed E-state index contributed by atoms with van der Waals surface area (Å²) in [5.74, 6) is -0.626. The van der Waals surface area contributed by atoms with Crippen molar-refractivity contribution in [3.8, 4) is 5.75 Å². The fourth-order valence-electron chi connectivity index (χ4n) is 2.76. The van der Waals surface area contributed by atoms with Gasteiger partial charge in [0.1, 0.15) is 5.75 Å². The maximum absolute atomic E-state index is 12.1. The quantitative estimate of drug-likeness (QED) is 0.798. The molecule has 3 nitrogen and oxygen atoms in total. The molecule has 20 heavy (non-hydrogen) atoms. The molecule has 1 aromatic carbocycles. The van der Waals surface area contributed by atoms with Gasteiger partial charge in [-0.15, -0.1) is 13.2 Å². The number of methoxy groups -OCH3 is 1. The number of hydrogen-bond donors (Lipinski definition) is 0. The van der Waals surface area contributed by atoms with E-state index in [4.69, 9.17) is 4.74 Å². The Hall–Kier alpha value is -1.72. The first kappa shape index (κ1) is 14.7. The van der Waals surface area contributed by atoms with Gasteiger partial charge in [-0.1, -0.05) is 25.0 Å². The summed E-state index contributed by atoms with van der Waals surface area (Å²) >= 11 is 0. The zero-order chi connectivity index (χ0) is 14.8. The zero-order valence-corrected chi connectivity index (χ0v) is 11.0. The predicted molar refractivity (Wildman–Crippen MR) is 65.3 cm³/mol. The smallest absolute Gasteiger partial charge is 0.468 e. The van der Waals surface area contributed by atoms with E-state index in [1.807, 2.05) is 0 Å². The number of carbonyl (C=O) groups excluding carboxylic acids is 1. The number of benzene rings is 1. The van der Waals surface area contributed by atoms with Crippen LogP contribution in [0.2, 0.25) is 0 Å². The summed E-state index contributed by atoms with van der Waals surface area (Å²) in [4.78, 5) is 12.0. The van der Waals surface area contributed by atoms with Crippen molar-refractivity contribution in [3.63, 3.8) is 0 Å². The van der Waals surface area contributed by atoms with Crippen molar-refractivity contribution < 1.29 is 27.4 Å². The van der Waals surface area contributed by atoms with Gasteiger partial charge in [0.15, 0.2) is 0 Å². The molecule has 0 amide bonds. The Morgan fingerprint density at radius 3 is 2.15 bits per heavy atom. The molecule has 0 N–H and O–H groups in total. The predicted octanol–water partition coefficient (Wildman–Crippen LogP) is 3.57. The highest BCUT2D eigenvalue weighted by atomic mass is 19.4. The van der Waals surface area contributed by atoms with Gasteiger partial charge in [-0.2, -0.15) is 0 Å². The lowest BCUT2D eigenvalue weighted by molar-refractivity contribution is -0.274. The maximum atomic E-state index is 12.1. The molecule has 1 aliphatic rings. The largest absolute Gasteiger partial charge is 0.573 e. The van der Waals surface area contributed by atoms with Crippen molar-refractivity contribution in [3.05, 3.63) is 29.8 Å². The average molecular weight is 288 g/mol. The fourth-order valence-corrected chi connectivity index (χ4v) is 2.76. The van der Waals surface area contributed by atoms with Crippen LogP contribution in [0.15, 0.2) is 24.3 Å². The SMILES string of the molecule is COC(=O)C1(c2ccc(OC(F)(F)F)cc2)CCCC1. The van der Waals surface area contributed by atoms with Gasteiger partial charge in [-0.05, 0) is 30.5 Å². The van der Waals surface area contributed by atoms with Gasteiger partial charge >= 0.3 is 12.3 Å². The molecule has 6 heteroatoms. The molecule has 0 unspecified atom stereocenters. The third kappa shape index (κ3) is 2.89. The first-order chi connectivity index (χ1) is 9.37. The lowest BCUT2D eigenvalue weighted by Gasteiger charge is -2.26. The van der Waals surface area contributed by atoms with E-state index in [-0.39, 0.29) is 11.7 Å². The summed E-state index contributed by atoms with van der Waals surface area (Å²) in [5, 5.41) is 0. The van der Waals surface area contributed by atoms with Crippen molar-refractivity contribution in [2.24, 2.45) is 0 Å². The summed E-state index contributed by atoms with van der Waals surface area (Å²) in [6.45, 7) is 0. The molecule has 1 aliphatic carbocycles. The monoisotopic (exact) mass is 288 g/mol. The van der Waals surface area contributed by atoms with E-state index < -0.39 is 11.8 Å². The molecule has 0 aromatic heterocycles. The second-order valence-corrected chi connectivity index (χ2v) is 4.85. The fraction of sp³-hybridized carbons (Fsp3) is 0.500. The first-order valence-corrected chi connectivity index (χ1v) is 6.32. The molecule has 1 saturated carbocycles. The van der Waals surface area contributed by atoms with Crippen LogP contribution >= 0.6 is 0 Å². The summed E-state index contributed by atoms with van der Waals surface area (Å²) in [6, 6.07) is 5.46. The van der Waals surface area contributed by atoms with Crippen LogP contribution in [0.4, 0.5) is 13.2 Å². The van der Waals surface area contributed by atoms with Gasteiger partial charge in [0.2, 0.25) is 0 Å². The van der Waals surface area contributed by atoms with Crippen LogP contribution in [-0.2, 0) is 14.9 Å². The van der Waals surface area contributed by atoms with Crippen LogP contribution in [0.1, 0.15) is 31.2 Å². The Labute approximate surface area is 114 Å². The Bertz CT molecular complexity index is 473. The topological polar surface area (TPSA) is 35.5 Å². The summed E-state index contributed by atoms with van der Waals surface area (Å²) < 4.78 is 45.0. The highest BCUT2D eigenvalue weighted by Gasteiger charge is 2.43. The molecular formula is C14H15F3O3. The molecule has 110 valence electrons. The van der Waals surface area contributed by atoms with Gasteiger partial charge in [-0.25, -0.2) is 0 Å². The molecule has 0 spiro atoms. The Kier molecular flexibility index (Phi) is 3.92. The molecule has 0 atom stereocenters. The van der Waals surface area contributed by atoms with Crippen LogP contribution in [0.5, 0.6) is 5.75 Å². The van der Waals surface area contributed by atoms with Crippen molar-refractivity contribution >= 4 is 5.97 Å². The minimum atomic E-state index is -4.71. The second kappa shape index (κ2) is 5.34. The van der Waals surface area contributed by atoms with E-state index in [0.717, 1.165) is 12.8 Å². The number of hydrogen-bond acceptors (Lipinski definition) is 3. The van der Waals surface area contributed by atoms with Gasteiger partial charge in [0, 0.05) is 0 Å². The third-order valence-corrected chi connectivity index (χ3v) is 3.67. The van der Waals surface area contributed by atoms with E-state index in [9.17, 15) is 18.0 Å². The van der Waals surface area contributed by atoms with Crippen LogP contribution in [0.25, 0.3) is 0 Å². The summed E-state index contributed by atoms with van der Waals surface area (Å²) in [7, 11) is 1.32. The molecule has 0 bridgehead atoms. The van der Waals surface area contributed by atoms with Gasteiger partial charge < -0.3 is 9.47 Å². The lowest BCUT2D eigenvalue weighted by atomic mass is 9.79. The number of ether oxygens (including phenoxy) is 2. The number of esters is 1. The van der Waals surface area contributed by atoms with Crippen molar-refractivity contribution in [2.75, 3.05) is 7.11 Å². The molecule has 0 aliphatic heterocycles. The van der Waals surface area contributed by atoms with Crippen LogP contribution in [0, 0.1) is 0 Å². The standard InChI is InChI=1S/C14H15F3O3/c1-19-12(18)13(8-2-3-9-13)10-4-6-11(7-5-10)20-14(15,16)17/h4-7H,2-3,8-9H2,1H3. The van der Waals surface area contributed by atoms with Gasteiger partial charge in [-0.3, -0.25) is 4.79 Å². The van der Waals surface area contributed by atoms with Crippen molar-refractivity contribution in [1.82, 2.24) is 0 Å². The molecule has 0 radical (unpaired) electrons. The first-order valence-electron chi connectivity index (χ1n) is 6.32. The zero-order valence-electron chi connectivity index (χ0n) is 11.0. The minimum Gasteiger partial charge on any atom is -0.468 e. The highest BCUT2D eigenvalue weighted by molar-refractivity contribution is 5.83. The van der Waals surface area contributed by atoms with Crippen LogP contribution in [0.3, 0.4) is 0 Å². The van der Waals surface area contributed by atoms with Crippen LogP contribution < -0.4 is 4.74 Å². The van der Waals surface area contributed by atoms with E-state index in [0.29, 0.717) is 18.4 Å².